The molecule has 86 valence electrons. The van der Waals surface area contributed by atoms with Crippen LogP contribution in [0.2, 0.25) is 5.28 Å². The van der Waals surface area contributed by atoms with Crippen molar-refractivity contribution in [3.63, 3.8) is 0 Å². The molecule has 0 aliphatic heterocycles. The number of rotatable bonds is 1. The van der Waals surface area contributed by atoms with Crippen molar-refractivity contribution < 1.29 is 5.11 Å². The van der Waals surface area contributed by atoms with Gasteiger partial charge in [0.15, 0.2) is 0 Å². The van der Waals surface area contributed by atoms with Gasteiger partial charge >= 0.3 is 0 Å². The molecule has 0 fully saturated rings. The van der Waals surface area contributed by atoms with E-state index in [1.807, 2.05) is 13.2 Å². The molecule has 2 heterocycles. The molecule has 0 aromatic carbocycles. The molecule has 0 aliphatic carbocycles. The van der Waals surface area contributed by atoms with Gasteiger partial charge in [-0.2, -0.15) is 5.10 Å². The summed E-state index contributed by atoms with van der Waals surface area (Å²) in [7, 11) is 1.81. The third-order valence-corrected chi connectivity index (χ3v) is 2.22. The van der Waals surface area contributed by atoms with Gasteiger partial charge in [-0.3, -0.25) is 4.68 Å². The van der Waals surface area contributed by atoms with Gasteiger partial charge in [0, 0.05) is 25.0 Å². The molecule has 5 nitrogen and oxygen atoms in total. The van der Waals surface area contributed by atoms with Gasteiger partial charge in [-0.25, -0.2) is 9.97 Å². The van der Waals surface area contributed by atoms with Crippen LogP contribution in [-0.2, 0) is 7.05 Å². The fourth-order valence-electron chi connectivity index (χ4n) is 1.35. The monoisotopic (exact) mass is 248 g/mol. The van der Waals surface area contributed by atoms with Gasteiger partial charge < -0.3 is 5.11 Å². The number of halogens is 1. The van der Waals surface area contributed by atoms with Gasteiger partial charge in [-0.05, 0) is 11.6 Å². The van der Waals surface area contributed by atoms with E-state index >= 15 is 0 Å². The summed E-state index contributed by atoms with van der Waals surface area (Å²) in [5.74, 6) is 5.33. The SMILES string of the molecule is Cn1cc(-c2nc(Cl)ncc2C#CCO)cn1. The Balaban J connectivity index is 2.54. The molecule has 0 amide bonds. The zero-order chi connectivity index (χ0) is 12.3. The topological polar surface area (TPSA) is 63.8 Å². The average Bonchev–Trinajstić information content (AvgIpc) is 2.74. The number of aromatic nitrogens is 4. The van der Waals surface area contributed by atoms with Crippen LogP contribution in [-0.4, -0.2) is 31.5 Å². The predicted octanol–water partition coefficient (Wildman–Crippen LogP) is 0.874. The van der Waals surface area contributed by atoms with Crippen LogP contribution in [0, 0.1) is 11.8 Å². The lowest BCUT2D eigenvalue weighted by Crippen LogP contribution is -1.92. The van der Waals surface area contributed by atoms with Crippen molar-refractivity contribution in [1.82, 2.24) is 19.7 Å². The molecule has 0 spiro atoms. The number of nitrogens with zero attached hydrogens (tertiary/aromatic N) is 4. The van der Waals surface area contributed by atoms with E-state index in [9.17, 15) is 0 Å². The van der Waals surface area contributed by atoms with E-state index in [0.29, 0.717) is 11.3 Å². The summed E-state index contributed by atoms with van der Waals surface area (Å²) in [6.07, 6.45) is 5.01. The molecule has 0 atom stereocenters. The van der Waals surface area contributed by atoms with E-state index in [4.69, 9.17) is 16.7 Å². The minimum atomic E-state index is -0.213. The van der Waals surface area contributed by atoms with Crippen molar-refractivity contribution in [2.75, 3.05) is 6.61 Å². The predicted molar refractivity (Wildman–Crippen MR) is 63.2 cm³/mol. The van der Waals surface area contributed by atoms with E-state index < -0.39 is 0 Å². The summed E-state index contributed by atoms with van der Waals surface area (Å²) in [6, 6.07) is 0. The van der Waals surface area contributed by atoms with E-state index in [0.717, 1.165) is 5.56 Å². The Morgan fingerprint density at radius 1 is 1.47 bits per heavy atom. The van der Waals surface area contributed by atoms with Crippen LogP contribution in [0.1, 0.15) is 5.56 Å². The van der Waals surface area contributed by atoms with Crippen LogP contribution in [0.25, 0.3) is 11.3 Å². The van der Waals surface area contributed by atoms with E-state index in [1.54, 1.807) is 10.9 Å². The number of hydrogen-bond acceptors (Lipinski definition) is 4. The highest BCUT2D eigenvalue weighted by molar-refractivity contribution is 6.28. The lowest BCUT2D eigenvalue weighted by molar-refractivity contribution is 0.350. The second kappa shape index (κ2) is 4.95. The standard InChI is InChI=1S/C11H9ClN4O/c1-16-7-9(6-14-16)10-8(3-2-4-17)5-13-11(12)15-10/h5-7,17H,4H2,1H3. The quantitative estimate of drug-likeness (QED) is 0.601. The van der Waals surface area contributed by atoms with Crippen molar-refractivity contribution in [3.8, 4) is 23.1 Å². The first-order valence-electron chi connectivity index (χ1n) is 4.82. The van der Waals surface area contributed by atoms with Crippen LogP contribution >= 0.6 is 11.6 Å². The zero-order valence-electron chi connectivity index (χ0n) is 9.05. The maximum atomic E-state index is 8.69. The minimum absolute atomic E-state index is 0.151. The maximum absolute atomic E-state index is 8.69. The lowest BCUT2D eigenvalue weighted by Gasteiger charge is -2.00. The summed E-state index contributed by atoms with van der Waals surface area (Å²) in [5.41, 5.74) is 2.02. The summed E-state index contributed by atoms with van der Waals surface area (Å²) < 4.78 is 1.66. The highest BCUT2D eigenvalue weighted by Gasteiger charge is 2.09. The van der Waals surface area contributed by atoms with Gasteiger partial charge in [0.2, 0.25) is 5.28 Å². The first-order chi connectivity index (χ1) is 8.20. The molecule has 6 heteroatoms. The minimum Gasteiger partial charge on any atom is -0.384 e. The second-order valence-corrected chi connectivity index (χ2v) is 3.60. The zero-order valence-corrected chi connectivity index (χ0v) is 9.81. The van der Waals surface area contributed by atoms with Crippen molar-refractivity contribution >= 4 is 11.6 Å². The van der Waals surface area contributed by atoms with Crippen molar-refractivity contribution in [2.45, 2.75) is 0 Å². The van der Waals surface area contributed by atoms with Crippen molar-refractivity contribution in [1.29, 1.82) is 0 Å². The molecular formula is C11H9ClN4O. The summed E-state index contributed by atoms with van der Waals surface area (Å²) in [6.45, 7) is -0.213. The van der Waals surface area contributed by atoms with E-state index in [2.05, 4.69) is 26.9 Å². The number of aliphatic hydroxyl groups is 1. The highest BCUT2D eigenvalue weighted by atomic mass is 35.5. The van der Waals surface area contributed by atoms with Crippen molar-refractivity contribution in [3.05, 3.63) is 29.4 Å². The molecule has 0 bridgehead atoms. The third-order valence-electron chi connectivity index (χ3n) is 2.04. The lowest BCUT2D eigenvalue weighted by atomic mass is 10.1. The Hall–Kier alpha value is -1.90. The Bertz CT molecular complexity index is 597. The summed E-state index contributed by atoms with van der Waals surface area (Å²) in [5, 5.41) is 12.9. The summed E-state index contributed by atoms with van der Waals surface area (Å²) >= 11 is 5.76. The molecule has 0 unspecified atom stereocenters. The van der Waals surface area contributed by atoms with Gasteiger partial charge in [0.1, 0.15) is 6.61 Å². The highest BCUT2D eigenvalue weighted by Crippen LogP contribution is 2.20. The average molecular weight is 249 g/mol. The molecule has 2 aromatic rings. The van der Waals surface area contributed by atoms with Gasteiger partial charge in [0.25, 0.3) is 0 Å². The fraction of sp³-hybridized carbons (Fsp3) is 0.182. The number of aliphatic hydroxyl groups excluding tert-OH is 1. The molecule has 2 aromatic heterocycles. The smallest absolute Gasteiger partial charge is 0.222 e. The maximum Gasteiger partial charge on any atom is 0.222 e. The normalized spacial score (nSPS) is 9.82. The summed E-state index contributed by atoms with van der Waals surface area (Å²) in [4.78, 5) is 7.99. The van der Waals surface area contributed by atoms with Crippen LogP contribution < -0.4 is 0 Å². The molecule has 0 aliphatic rings. The molecule has 0 saturated heterocycles. The Morgan fingerprint density at radius 3 is 2.94 bits per heavy atom. The molecule has 0 radical (unpaired) electrons. The van der Waals surface area contributed by atoms with E-state index in [1.165, 1.54) is 6.20 Å². The van der Waals surface area contributed by atoms with Crippen LogP contribution in [0.3, 0.4) is 0 Å². The Labute approximate surface area is 103 Å². The van der Waals surface area contributed by atoms with Gasteiger partial charge in [-0.15, -0.1) is 0 Å². The number of hydrogen-bond donors (Lipinski definition) is 1. The molecule has 1 N–H and O–H groups in total. The molecular weight excluding hydrogens is 240 g/mol. The Kier molecular flexibility index (Phi) is 3.38. The Morgan fingerprint density at radius 2 is 2.29 bits per heavy atom. The van der Waals surface area contributed by atoms with Gasteiger partial charge in [0.05, 0.1) is 17.5 Å². The first-order valence-corrected chi connectivity index (χ1v) is 5.20. The van der Waals surface area contributed by atoms with Crippen LogP contribution in [0.15, 0.2) is 18.6 Å². The third kappa shape index (κ3) is 2.61. The fourth-order valence-corrected chi connectivity index (χ4v) is 1.48. The molecule has 17 heavy (non-hydrogen) atoms. The van der Waals surface area contributed by atoms with E-state index in [-0.39, 0.29) is 11.9 Å². The molecule has 2 rings (SSSR count). The van der Waals surface area contributed by atoms with Crippen molar-refractivity contribution in [2.24, 2.45) is 7.05 Å². The molecule has 0 saturated carbocycles. The first kappa shape index (κ1) is 11.6. The van der Waals surface area contributed by atoms with Crippen LogP contribution in [0.5, 0.6) is 0 Å². The second-order valence-electron chi connectivity index (χ2n) is 3.26. The van der Waals surface area contributed by atoms with Crippen LogP contribution in [0.4, 0.5) is 0 Å². The largest absolute Gasteiger partial charge is 0.384 e. The van der Waals surface area contributed by atoms with Gasteiger partial charge in [-0.1, -0.05) is 11.8 Å². The number of aryl methyl sites for hydroxylation is 1.